The van der Waals surface area contributed by atoms with E-state index < -0.39 is 0 Å². The first-order chi connectivity index (χ1) is 8.66. The second kappa shape index (κ2) is 8.07. The summed E-state index contributed by atoms with van der Waals surface area (Å²) < 4.78 is 0. The number of halogens is 2. The van der Waals surface area contributed by atoms with Gasteiger partial charge in [-0.15, -0.1) is 23.7 Å². The molecule has 1 fully saturated rings. The van der Waals surface area contributed by atoms with E-state index in [2.05, 4.69) is 5.32 Å². The van der Waals surface area contributed by atoms with Crippen LogP contribution in [-0.2, 0) is 11.3 Å². The second-order valence-corrected chi connectivity index (χ2v) is 5.90. The Balaban J connectivity index is 0.00000180. The Bertz CT molecular complexity index is 407. The number of nitrogens with zero attached hydrogens (tertiary/aromatic N) is 2. The van der Waals surface area contributed by atoms with Crippen LogP contribution in [0.25, 0.3) is 0 Å². The number of carbonyl (C=O) groups excluding carboxylic acids is 1. The highest BCUT2D eigenvalue weighted by molar-refractivity contribution is 7.10. The van der Waals surface area contributed by atoms with Crippen LogP contribution in [-0.4, -0.2) is 55.5 Å². The van der Waals surface area contributed by atoms with Crippen molar-refractivity contribution < 1.29 is 4.79 Å². The molecule has 1 aliphatic rings. The molecule has 4 nitrogen and oxygen atoms in total. The Hall–Kier alpha value is -0.330. The van der Waals surface area contributed by atoms with Gasteiger partial charge in [-0.05, 0) is 18.5 Å². The van der Waals surface area contributed by atoms with E-state index >= 15 is 0 Å². The molecule has 1 aromatic heterocycles. The van der Waals surface area contributed by atoms with Crippen molar-refractivity contribution in [2.24, 2.45) is 0 Å². The molecule has 0 spiro atoms. The summed E-state index contributed by atoms with van der Waals surface area (Å²) in [5.41, 5.74) is 0. The van der Waals surface area contributed by atoms with Crippen molar-refractivity contribution >= 4 is 41.3 Å². The highest BCUT2D eigenvalue weighted by Crippen LogP contribution is 2.23. The maximum absolute atomic E-state index is 12.0. The number of nitrogens with one attached hydrogen (secondary N) is 1. The molecule has 19 heavy (non-hydrogen) atoms. The number of thiophene rings is 1. The Morgan fingerprint density at radius 3 is 2.79 bits per heavy atom. The van der Waals surface area contributed by atoms with E-state index in [0.29, 0.717) is 6.54 Å². The smallest absolute Gasteiger partial charge is 0.236 e. The molecule has 1 N–H and O–H groups in total. The highest BCUT2D eigenvalue weighted by atomic mass is 35.5. The van der Waals surface area contributed by atoms with Crippen molar-refractivity contribution in [3.05, 3.63) is 21.3 Å². The maximum Gasteiger partial charge on any atom is 0.236 e. The molecule has 0 saturated carbocycles. The average Bonchev–Trinajstić information content (AvgIpc) is 2.76. The summed E-state index contributed by atoms with van der Waals surface area (Å²) in [5.74, 6) is 0.201. The van der Waals surface area contributed by atoms with Crippen LogP contribution < -0.4 is 5.32 Å². The zero-order chi connectivity index (χ0) is 13.0. The number of hydrogen-bond acceptors (Lipinski definition) is 4. The molecular weight excluding hydrogens is 305 g/mol. The summed E-state index contributed by atoms with van der Waals surface area (Å²) in [6.07, 6.45) is 0. The van der Waals surface area contributed by atoms with Crippen LogP contribution in [0, 0.1) is 0 Å². The first-order valence-corrected chi connectivity index (χ1v) is 7.31. The van der Waals surface area contributed by atoms with Gasteiger partial charge >= 0.3 is 0 Å². The molecule has 0 atom stereocenters. The fraction of sp³-hybridized carbons (Fsp3) is 0.583. The molecule has 108 valence electrons. The normalized spacial score (nSPS) is 15.4. The fourth-order valence-electron chi connectivity index (χ4n) is 1.98. The van der Waals surface area contributed by atoms with Gasteiger partial charge in [0.1, 0.15) is 0 Å². The van der Waals surface area contributed by atoms with Gasteiger partial charge in [-0.2, -0.15) is 0 Å². The van der Waals surface area contributed by atoms with Crippen LogP contribution in [0.5, 0.6) is 0 Å². The number of rotatable bonds is 4. The molecule has 0 unspecified atom stereocenters. The van der Waals surface area contributed by atoms with Crippen molar-refractivity contribution in [2.45, 2.75) is 6.54 Å². The average molecular weight is 324 g/mol. The van der Waals surface area contributed by atoms with Gasteiger partial charge in [-0.25, -0.2) is 0 Å². The summed E-state index contributed by atoms with van der Waals surface area (Å²) in [6.45, 7) is 4.60. The minimum atomic E-state index is 0. The van der Waals surface area contributed by atoms with Crippen molar-refractivity contribution in [2.75, 3.05) is 39.8 Å². The molecular formula is C12H19Cl2N3OS. The second-order valence-electron chi connectivity index (χ2n) is 4.49. The van der Waals surface area contributed by atoms with E-state index in [-0.39, 0.29) is 18.3 Å². The van der Waals surface area contributed by atoms with Gasteiger partial charge in [0.2, 0.25) is 5.91 Å². The zero-order valence-electron chi connectivity index (χ0n) is 10.9. The predicted molar refractivity (Wildman–Crippen MR) is 82.4 cm³/mol. The van der Waals surface area contributed by atoms with E-state index in [4.69, 9.17) is 11.6 Å². The molecule has 0 radical (unpaired) electrons. The third-order valence-corrected chi connectivity index (χ3v) is 4.35. The van der Waals surface area contributed by atoms with Gasteiger partial charge in [0, 0.05) is 37.6 Å². The first-order valence-electron chi connectivity index (χ1n) is 6.05. The summed E-state index contributed by atoms with van der Waals surface area (Å²) in [6, 6.07) is 1.90. The van der Waals surface area contributed by atoms with Crippen molar-refractivity contribution in [1.82, 2.24) is 15.1 Å². The lowest BCUT2D eigenvalue weighted by Gasteiger charge is -2.29. The van der Waals surface area contributed by atoms with Gasteiger partial charge in [0.25, 0.3) is 0 Å². The summed E-state index contributed by atoms with van der Waals surface area (Å²) in [7, 11) is 1.95. The lowest BCUT2D eigenvalue weighted by atomic mass is 10.3. The number of piperazine rings is 1. The molecule has 2 heterocycles. The minimum Gasteiger partial charge on any atom is -0.339 e. The van der Waals surface area contributed by atoms with E-state index in [1.165, 1.54) is 0 Å². The van der Waals surface area contributed by atoms with Gasteiger partial charge in [-0.3, -0.25) is 9.69 Å². The molecule has 1 saturated heterocycles. The van der Waals surface area contributed by atoms with E-state index in [1.54, 1.807) is 11.3 Å². The van der Waals surface area contributed by atoms with E-state index in [9.17, 15) is 4.79 Å². The Labute approximate surface area is 129 Å². The lowest BCUT2D eigenvalue weighted by molar-refractivity contribution is -0.132. The van der Waals surface area contributed by atoms with E-state index in [0.717, 1.165) is 42.6 Å². The summed E-state index contributed by atoms with van der Waals surface area (Å²) >= 11 is 7.68. The molecule has 0 aliphatic carbocycles. The molecule has 1 aromatic rings. The number of hydrogen-bond donors (Lipinski definition) is 1. The Morgan fingerprint density at radius 2 is 2.21 bits per heavy atom. The maximum atomic E-state index is 12.0. The number of likely N-dealkylation sites (N-methyl/N-ethyl adjacent to an activating group) is 1. The quantitative estimate of drug-likeness (QED) is 0.915. The van der Waals surface area contributed by atoms with Crippen LogP contribution in [0.1, 0.15) is 4.88 Å². The van der Waals surface area contributed by atoms with Crippen molar-refractivity contribution in [1.29, 1.82) is 0 Å². The Morgan fingerprint density at radius 1 is 1.53 bits per heavy atom. The van der Waals surface area contributed by atoms with Gasteiger partial charge in [0.05, 0.1) is 11.6 Å². The third kappa shape index (κ3) is 4.93. The summed E-state index contributed by atoms with van der Waals surface area (Å²) in [5, 5.41) is 6.01. The molecule has 2 rings (SSSR count). The lowest BCUT2D eigenvalue weighted by Crippen LogP contribution is -2.49. The standard InChI is InChI=1S/C12H18ClN3OS.ClH/c1-15(8-11-10(13)2-7-18-11)9-12(17)16-5-3-14-4-6-16;/h2,7,14H,3-6,8-9H2,1H3;1H. The van der Waals surface area contributed by atoms with Crippen LogP contribution in [0.15, 0.2) is 11.4 Å². The van der Waals surface area contributed by atoms with Gasteiger partial charge in [-0.1, -0.05) is 11.6 Å². The van der Waals surface area contributed by atoms with Gasteiger partial charge in [0.15, 0.2) is 0 Å². The molecule has 0 bridgehead atoms. The number of amides is 1. The minimum absolute atomic E-state index is 0. The van der Waals surface area contributed by atoms with Crippen molar-refractivity contribution in [3.63, 3.8) is 0 Å². The SMILES string of the molecule is CN(CC(=O)N1CCNCC1)Cc1sccc1Cl.Cl. The summed E-state index contributed by atoms with van der Waals surface area (Å²) in [4.78, 5) is 17.1. The number of carbonyl (C=O) groups is 1. The topological polar surface area (TPSA) is 35.6 Å². The Kier molecular flexibility index (Phi) is 7.10. The van der Waals surface area contributed by atoms with Crippen LogP contribution in [0.2, 0.25) is 5.02 Å². The largest absolute Gasteiger partial charge is 0.339 e. The van der Waals surface area contributed by atoms with Crippen LogP contribution in [0.4, 0.5) is 0 Å². The third-order valence-electron chi connectivity index (χ3n) is 2.98. The highest BCUT2D eigenvalue weighted by Gasteiger charge is 2.18. The predicted octanol–water partition coefficient (Wildman–Crippen LogP) is 1.69. The van der Waals surface area contributed by atoms with E-state index in [1.807, 2.05) is 28.3 Å². The van der Waals surface area contributed by atoms with Crippen LogP contribution >= 0.6 is 35.3 Å². The monoisotopic (exact) mass is 323 g/mol. The van der Waals surface area contributed by atoms with Crippen LogP contribution in [0.3, 0.4) is 0 Å². The molecule has 1 aliphatic heterocycles. The molecule has 0 aromatic carbocycles. The first kappa shape index (κ1) is 16.7. The molecule has 7 heteroatoms. The zero-order valence-corrected chi connectivity index (χ0v) is 13.3. The fourth-order valence-corrected chi connectivity index (χ4v) is 3.16. The van der Waals surface area contributed by atoms with Crippen molar-refractivity contribution in [3.8, 4) is 0 Å². The van der Waals surface area contributed by atoms with Gasteiger partial charge < -0.3 is 10.2 Å². The molecule has 1 amide bonds.